The van der Waals surface area contributed by atoms with Crippen LogP contribution in [0, 0.1) is 12.8 Å². The number of hydrogen-bond donors (Lipinski definition) is 1. The highest BCUT2D eigenvalue weighted by molar-refractivity contribution is 8.00. The number of ether oxygens (including phenoxy) is 1. The number of aromatic nitrogens is 2. The van der Waals surface area contributed by atoms with Crippen LogP contribution in [0.15, 0.2) is 82.9 Å². The van der Waals surface area contributed by atoms with Crippen LogP contribution in [-0.4, -0.2) is 45.1 Å². The highest BCUT2D eigenvalue weighted by Crippen LogP contribution is 2.53. The lowest BCUT2D eigenvalue weighted by molar-refractivity contribution is -0.122. The SMILES string of the molecule is CCOC(=O)c1ccc(N2C(=O)C3Sc4c(sc(=O)n4CC(=O)Nc4ccc(C)cc4)[C@@H](c4cccnc4)C3C2=O)cc1. The molecule has 2 aromatic carbocycles. The number of nitrogens with zero attached hydrogens (tertiary/aromatic N) is 3. The molecule has 12 heteroatoms. The van der Waals surface area contributed by atoms with Gasteiger partial charge in [-0.25, -0.2) is 9.69 Å². The Balaban J connectivity index is 1.35. The van der Waals surface area contributed by atoms with E-state index in [9.17, 15) is 24.0 Å². The average Bonchev–Trinajstić information content (AvgIpc) is 3.45. The average molecular weight is 615 g/mol. The molecule has 3 amide bonds. The third kappa shape index (κ3) is 5.28. The van der Waals surface area contributed by atoms with Gasteiger partial charge < -0.3 is 10.1 Å². The summed E-state index contributed by atoms with van der Waals surface area (Å²) >= 11 is 2.11. The second-order valence-electron chi connectivity index (χ2n) is 10.1. The number of carbonyl (C=O) groups excluding carboxylic acids is 4. The first-order chi connectivity index (χ1) is 20.8. The summed E-state index contributed by atoms with van der Waals surface area (Å²) in [5, 5.41) is 2.47. The van der Waals surface area contributed by atoms with E-state index in [4.69, 9.17) is 4.74 Å². The number of fused-ring (bicyclic) bond motifs is 2. The van der Waals surface area contributed by atoms with Gasteiger partial charge in [0.15, 0.2) is 0 Å². The third-order valence-electron chi connectivity index (χ3n) is 7.37. The number of benzene rings is 2. The molecule has 4 heterocycles. The molecule has 0 aliphatic carbocycles. The highest BCUT2D eigenvalue weighted by atomic mass is 32.2. The van der Waals surface area contributed by atoms with E-state index in [-0.39, 0.29) is 23.9 Å². The fraction of sp³-hybridized carbons (Fsp3) is 0.226. The maximum atomic E-state index is 14.0. The number of nitrogens with one attached hydrogen (secondary N) is 1. The van der Waals surface area contributed by atoms with E-state index in [0.717, 1.165) is 33.6 Å². The Morgan fingerprint density at radius 2 is 1.74 bits per heavy atom. The molecule has 1 fully saturated rings. The first kappa shape index (κ1) is 28.6. The monoisotopic (exact) mass is 614 g/mol. The van der Waals surface area contributed by atoms with Gasteiger partial charge in [0, 0.05) is 28.9 Å². The number of thioether (sulfide) groups is 1. The number of aryl methyl sites for hydroxylation is 1. The van der Waals surface area contributed by atoms with Gasteiger partial charge in [-0.3, -0.25) is 28.7 Å². The largest absolute Gasteiger partial charge is 0.462 e. The molecule has 1 N–H and O–H groups in total. The van der Waals surface area contributed by atoms with Crippen LogP contribution in [-0.2, 0) is 25.7 Å². The van der Waals surface area contributed by atoms with E-state index in [2.05, 4.69) is 10.3 Å². The summed E-state index contributed by atoms with van der Waals surface area (Å²) in [5.41, 5.74) is 2.99. The van der Waals surface area contributed by atoms with Crippen molar-refractivity contribution in [2.75, 3.05) is 16.8 Å². The maximum Gasteiger partial charge on any atom is 0.338 e. The molecule has 4 aromatic rings. The smallest absolute Gasteiger partial charge is 0.338 e. The second-order valence-corrected chi connectivity index (χ2v) is 12.3. The molecular formula is C31H26N4O6S2. The van der Waals surface area contributed by atoms with Gasteiger partial charge in [0.1, 0.15) is 11.8 Å². The Kier molecular flexibility index (Phi) is 7.72. The van der Waals surface area contributed by atoms with E-state index in [1.165, 1.54) is 16.7 Å². The van der Waals surface area contributed by atoms with Gasteiger partial charge in [-0.15, -0.1) is 0 Å². The van der Waals surface area contributed by atoms with Crippen LogP contribution in [0.3, 0.4) is 0 Å². The van der Waals surface area contributed by atoms with E-state index >= 15 is 0 Å². The predicted octanol–water partition coefficient (Wildman–Crippen LogP) is 4.22. The summed E-state index contributed by atoms with van der Waals surface area (Å²) in [7, 11) is 0. The number of carbonyl (C=O) groups is 4. The normalized spacial score (nSPS) is 19.1. The van der Waals surface area contributed by atoms with Crippen molar-refractivity contribution < 1.29 is 23.9 Å². The van der Waals surface area contributed by atoms with Crippen molar-refractivity contribution in [3.8, 4) is 0 Å². The predicted molar refractivity (Wildman–Crippen MR) is 162 cm³/mol. The lowest BCUT2D eigenvalue weighted by Crippen LogP contribution is -2.33. The Labute approximate surface area is 254 Å². The number of pyridine rings is 1. The summed E-state index contributed by atoms with van der Waals surface area (Å²) < 4.78 is 6.42. The van der Waals surface area contributed by atoms with Gasteiger partial charge in [0.25, 0.3) is 0 Å². The van der Waals surface area contributed by atoms with E-state index < -0.39 is 34.9 Å². The molecule has 218 valence electrons. The maximum absolute atomic E-state index is 14.0. The van der Waals surface area contributed by atoms with E-state index in [1.807, 2.05) is 25.1 Å². The van der Waals surface area contributed by atoms with Crippen molar-refractivity contribution in [3.05, 3.63) is 104 Å². The van der Waals surface area contributed by atoms with Crippen molar-refractivity contribution in [1.82, 2.24) is 9.55 Å². The zero-order valence-electron chi connectivity index (χ0n) is 23.2. The molecule has 2 aromatic heterocycles. The fourth-order valence-electron chi connectivity index (χ4n) is 5.37. The van der Waals surface area contributed by atoms with Crippen molar-refractivity contribution in [1.29, 1.82) is 0 Å². The van der Waals surface area contributed by atoms with Crippen LogP contribution in [0.25, 0.3) is 0 Å². The van der Waals surface area contributed by atoms with E-state index in [1.54, 1.807) is 49.6 Å². The molecule has 0 bridgehead atoms. The third-order valence-corrected chi connectivity index (χ3v) is 9.97. The van der Waals surface area contributed by atoms with Crippen LogP contribution in [0.5, 0.6) is 0 Å². The molecule has 0 spiro atoms. The van der Waals surface area contributed by atoms with Crippen molar-refractivity contribution >= 4 is 58.2 Å². The lowest BCUT2D eigenvalue weighted by Gasteiger charge is -2.30. The molecule has 6 rings (SSSR count). The number of hydrogen-bond acceptors (Lipinski definition) is 9. The molecule has 1 saturated heterocycles. The molecule has 43 heavy (non-hydrogen) atoms. The van der Waals surface area contributed by atoms with Crippen molar-refractivity contribution in [3.63, 3.8) is 0 Å². The molecule has 10 nitrogen and oxygen atoms in total. The van der Waals surface area contributed by atoms with Crippen LogP contribution in [0.2, 0.25) is 0 Å². The van der Waals surface area contributed by atoms with Crippen LogP contribution in [0.4, 0.5) is 11.4 Å². The minimum absolute atomic E-state index is 0.225. The Hall–Kier alpha value is -4.55. The Morgan fingerprint density at radius 1 is 1.00 bits per heavy atom. The van der Waals surface area contributed by atoms with Gasteiger partial charge in [0.05, 0.1) is 28.8 Å². The minimum Gasteiger partial charge on any atom is -0.462 e. The number of amides is 3. The number of anilines is 2. The molecule has 2 aliphatic heterocycles. The van der Waals surface area contributed by atoms with Crippen molar-refractivity contribution in [2.24, 2.45) is 5.92 Å². The van der Waals surface area contributed by atoms with E-state index in [0.29, 0.717) is 32.4 Å². The van der Waals surface area contributed by atoms with Crippen LogP contribution < -0.4 is 15.1 Å². The summed E-state index contributed by atoms with van der Waals surface area (Å²) in [6, 6.07) is 17.0. The van der Waals surface area contributed by atoms with Gasteiger partial charge in [-0.1, -0.05) is 46.9 Å². The van der Waals surface area contributed by atoms with Crippen molar-refractivity contribution in [2.45, 2.75) is 36.6 Å². The highest BCUT2D eigenvalue weighted by Gasteiger charge is 2.56. The lowest BCUT2D eigenvalue weighted by atomic mass is 9.84. The van der Waals surface area contributed by atoms with Gasteiger partial charge in [-0.05, 0) is 61.9 Å². The first-order valence-corrected chi connectivity index (χ1v) is 15.3. The number of thiazole rings is 1. The molecule has 0 radical (unpaired) electrons. The second kappa shape index (κ2) is 11.6. The zero-order chi connectivity index (χ0) is 30.2. The molecule has 2 unspecified atom stereocenters. The molecule has 0 saturated carbocycles. The Morgan fingerprint density at radius 3 is 2.42 bits per heavy atom. The van der Waals surface area contributed by atoms with Gasteiger partial charge in [0.2, 0.25) is 17.7 Å². The number of imide groups is 1. The van der Waals surface area contributed by atoms with Crippen LogP contribution >= 0.6 is 23.1 Å². The zero-order valence-corrected chi connectivity index (χ0v) is 24.8. The minimum atomic E-state index is -0.838. The fourth-order valence-corrected chi connectivity index (χ4v) is 8.14. The molecular weight excluding hydrogens is 588 g/mol. The van der Waals surface area contributed by atoms with Gasteiger partial charge in [-0.2, -0.15) is 0 Å². The summed E-state index contributed by atoms with van der Waals surface area (Å²) in [6.45, 7) is 3.63. The summed E-state index contributed by atoms with van der Waals surface area (Å²) in [6.07, 6.45) is 3.25. The van der Waals surface area contributed by atoms with Gasteiger partial charge >= 0.3 is 10.8 Å². The quantitative estimate of drug-likeness (QED) is 0.242. The summed E-state index contributed by atoms with van der Waals surface area (Å²) in [5.74, 6) is -3.14. The Bertz CT molecular complexity index is 1780. The number of rotatable bonds is 7. The molecule has 2 aliphatic rings. The number of esters is 1. The van der Waals surface area contributed by atoms with Crippen LogP contribution in [0.1, 0.15) is 39.2 Å². The standard InChI is InChI=1S/C31H26N4O6S2/c1-3-41-30(39)18-8-12-21(13-9-18)35-27(37)24-23(19-5-4-14-32-15-19)26-29(42-25(24)28(35)38)34(31(40)43-26)16-22(36)33-20-10-6-17(2)7-11-20/h4-15,23-25H,3,16H2,1-2H3,(H,33,36)/t23-,24?,25?/m0/s1. The topological polar surface area (TPSA) is 128 Å². The summed E-state index contributed by atoms with van der Waals surface area (Å²) in [4.78, 5) is 71.9. The first-order valence-electron chi connectivity index (χ1n) is 13.6. The molecule has 3 atom stereocenters.